The maximum Gasteiger partial charge on any atom is 0.166 e. The van der Waals surface area contributed by atoms with E-state index in [9.17, 15) is 5.11 Å². The Morgan fingerprint density at radius 1 is 1.00 bits per heavy atom. The molecule has 0 fully saturated rings. The molecule has 22 heavy (non-hydrogen) atoms. The molecule has 0 heterocycles. The molecule has 0 saturated carbocycles. The quantitative estimate of drug-likeness (QED) is 0.568. The van der Waals surface area contributed by atoms with Crippen LogP contribution in [0.5, 0.6) is 11.5 Å². The number of ether oxygens (including phenoxy) is 1. The summed E-state index contributed by atoms with van der Waals surface area (Å²) in [5, 5.41) is 12.0. The van der Waals surface area contributed by atoms with Gasteiger partial charge in [-0.05, 0) is 24.3 Å². The Balaban J connectivity index is 2.06. The van der Waals surface area contributed by atoms with E-state index in [1.807, 2.05) is 36.4 Å². The summed E-state index contributed by atoms with van der Waals surface area (Å²) < 4.78 is 5.10. The highest BCUT2D eigenvalue weighted by molar-refractivity contribution is 6.01. The van der Waals surface area contributed by atoms with Crippen molar-refractivity contribution in [2.45, 2.75) is 0 Å². The van der Waals surface area contributed by atoms with Gasteiger partial charge in [0.1, 0.15) is 0 Å². The van der Waals surface area contributed by atoms with Crippen molar-refractivity contribution in [1.29, 1.82) is 0 Å². The van der Waals surface area contributed by atoms with Crippen LogP contribution in [0.1, 0.15) is 5.56 Å². The van der Waals surface area contributed by atoms with Crippen LogP contribution in [-0.2, 0) is 0 Å². The minimum atomic E-state index is 0.0773. The van der Waals surface area contributed by atoms with Crippen molar-refractivity contribution in [2.24, 2.45) is 4.99 Å². The number of nitrogens with two attached hydrogens (primary N) is 1. The third-order valence-corrected chi connectivity index (χ3v) is 3.53. The second-order valence-electron chi connectivity index (χ2n) is 4.88. The van der Waals surface area contributed by atoms with E-state index in [2.05, 4.69) is 4.99 Å². The topological polar surface area (TPSA) is 67.8 Å². The van der Waals surface area contributed by atoms with Crippen LogP contribution in [0, 0.1) is 0 Å². The summed E-state index contributed by atoms with van der Waals surface area (Å²) >= 11 is 0. The summed E-state index contributed by atoms with van der Waals surface area (Å²) in [4.78, 5) is 4.49. The van der Waals surface area contributed by atoms with E-state index < -0.39 is 0 Å². The number of fused-ring (bicyclic) bond motifs is 1. The molecule has 0 unspecified atom stereocenters. The van der Waals surface area contributed by atoms with Gasteiger partial charge in [-0.2, -0.15) is 0 Å². The average Bonchev–Trinajstić information content (AvgIpc) is 2.56. The number of anilines is 1. The molecule has 3 rings (SSSR count). The third kappa shape index (κ3) is 2.46. The number of hydrogen-bond donors (Lipinski definition) is 2. The molecule has 3 aromatic carbocycles. The number of nitrogen functional groups attached to an aromatic ring is 1. The first-order valence-electron chi connectivity index (χ1n) is 6.88. The maximum atomic E-state index is 10.1. The molecule has 110 valence electrons. The van der Waals surface area contributed by atoms with Crippen LogP contribution >= 0.6 is 0 Å². The van der Waals surface area contributed by atoms with Gasteiger partial charge in [0, 0.05) is 28.2 Å². The standard InChI is InChI=1S/C18H16N2O2/c1-22-17-8-4-5-12(18(17)21)11-20-16-10-9-15(19)13-6-2-3-7-14(13)16/h2-11,21H,19H2,1H3/b20-11+. The van der Waals surface area contributed by atoms with Crippen molar-refractivity contribution in [2.75, 3.05) is 12.8 Å². The normalized spacial score (nSPS) is 11.1. The Morgan fingerprint density at radius 2 is 1.77 bits per heavy atom. The number of nitrogens with zero attached hydrogens (tertiary/aromatic N) is 1. The fraction of sp³-hybridized carbons (Fsp3) is 0.0556. The minimum absolute atomic E-state index is 0.0773. The monoisotopic (exact) mass is 292 g/mol. The zero-order chi connectivity index (χ0) is 15.5. The van der Waals surface area contributed by atoms with Gasteiger partial charge < -0.3 is 15.6 Å². The number of aromatic hydroxyl groups is 1. The van der Waals surface area contributed by atoms with E-state index in [0.717, 1.165) is 22.1 Å². The molecule has 0 bridgehead atoms. The predicted octanol–water partition coefficient (Wildman–Crippen LogP) is 3.89. The van der Waals surface area contributed by atoms with Gasteiger partial charge in [-0.15, -0.1) is 0 Å². The molecule has 3 aromatic rings. The average molecular weight is 292 g/mol. The SMILES string of the molecule is COc1cccc(/C=N/c2ccc(N)c3ccccc23)c1O. The van der Waals surface area contributed by atoms with Gasteiger partial charge in [-0.1, -0.05) is 30.3 Å². The van der Waals surface area contributed by atoms with Gasteiger partial charge >= 0.3 is 0 Å². The van der Waals surface area contributed by atoms with Crippen LogP contribution in [0.25, 0.3) is 10.8 Å². The van der Waals surface area contributed by atoms with E-state index in [1.54, 1.807) is 24.4 Å². The number of methoxy groups -OCH3 is 1. The van der Waals surface area contributed by atoms with Gasteiger partial charge in [-0.25, -0.2) is 0 Å². The van der Waals surface area contributed by atoms with Crippen molar-refractivity contribution in [3.63, 3.8) is 0 Å². The summed E-state index contributed by atoms with van der Waals surface area (Å²) in [6, 6.07) is 16.8. The molecule has 0 aromatic heterocycles. The molecular weight excluding hydrogens is 276 g/mol. The number of hydrogen-bond acceptors (Lipinski definition) is 4. The molecule has 0 saturated heterocycles. The third-order valence-electron chi connectivity index (χ3n) is 3.53. The molecule has 0 atom stereocenters. The molecule has 4 nitrogen and oxygen atoms in total. The molecule has 0 amide bonds. The highest BCUT2D eigenvalue weighted by Gasteiger charge is 2.06. The Bertz CT molecular complexity index is 857. The summed E-state index contributed by atoms with van der Waals surface area (Å²) in [5.41, 5.74) is 8.10. The van der Waals surface area contributed by atoms with Crippen LogP contribution in [0.2, 0.25) is 0 Å². The molecule has 3 N–H and O–H groups in total. The maximum absolute atomic E-state index is 10.1. The second-order valence-corrected chi connectivity index (χ2v) is 4.88. The fourth-order valence-corrected chi connectivity index (χ4v) is 2.37. The van der Waals surface area contributed by atoms with Crippen molar-refractivity contribution >= 4 is 28.4 Å². The van der Waals surface area contributed by atoms with E-state index in [-0.39, 0.29) is 5.75 Å². The number of rotatable bonds is 3. The Kier molecular flexibility index (Phi) is 3.66. The zero-order valence-corrected chi connectivity index (χ0v) is 12.2. The van der Waals surface area contributed by atoms with Crippen LogP contribution in [0.4, 0.5) is 11.4 Å². The predicted molar refractivity (Wildman–Crippen MR) is 90.3 cm³/mol. The number of phenolic OH excluding ortho intramolecular Hbond substituents is 1. The highest BCUT2D eigenvalue weighted by atomic mass is 16.5. The number of phenols is 1. The summed E-state index contributed by atoms with van der Waals surface area (Å²) in [6.07, 6.45) is 1.62. The zero-order valence-electron chi connectivity index (χ0n) is 12.2. The Hall–Kier alpha value is -3.01. The van der Waals surface area contributed by atoms with E-state index in [0.29, 0.717) is 11.3 Å². The van der Waals surface area contributed by atoms with Crippen LogP contribution in [-0.4, -0.2) is 18.4 Å². The summed E-state index contributed by atoms with van der Waals surface area (Å²) in [5.74, 6) is 0.500. The lowest BCUT2D eigenvalue weighted by molar-refractivity contribution is 0.373. The number of benzene rings is 3. The number of para-hydroxylation sites is 1. The lowest BCUT2D eigenvalue weighted by Crippen LogP contribution is -1.89. The van der Waals surface area contributed by atoms with Gasteiger partial charge in [0.15, 0.2) is 11.5 Å². The molecule has 0 aliphatic carbocycles. The first-order chi connectivity index (χ1) is 10.7. The van der Waals surface area contributed by atoms with E-state index >= 15 is 0 Å². The molecular formula is C18H16N2O2. The largest absolute Gasteiger partial charge is 0.504 e. The fourth-order valence-electron chi connectivity index (χ4n) is 2.37. The Labute approximate surface area is 128 Å². The second kappa shape index (κ2) is 5.77. The smallest absolute Gasteiger partial charge is 0.166 e. The minimum Gasteiger partial charge on any atom is -0.504 e. The number of aliphatic imine (C=N–C) groups is 1. The van der Waals surface area contributed by atoms with Crippen molar-refractivity contribution in [3.05, 3.63) is 60.2 Å². The van der Waals surface area contributed by atoms with Crippen molar-refractivity contribution in [1.82, 2.24) is 0 Å². The summed E-state index contributed by atoms with van der Waals surface area (Å²) in [7, 11) is 1.52. The van der Waals surface area contributed by atoms with Gasteiger partial charge in [0.2, 0.25) is 0 Å². The molecule has 0 aliphatic heterocycles. The van der Waals surface area contributed by atoms with Gasteiger partial charge in [0.05, 0.1) is 12.8 Å². The molecule has 0 spiro atoms. The van der Waals surface area contributed by atoms with Crippen molar-refractivity contribution in [3.8, 4) is 11.5 Å². The molecule has 0 radical (unpaired) electrons. The van der Waals surface area contributed by atoms with Crippen LogP contribution in [0.15, 0.2) is 59.6 Å². The first kappa shape index (κ1) is 13.9. The first-order valence-corrected chi connectivity index (χ1v) is 6.88. The lowest BCUT2D eigenvalue weighted by atomic mass is 10.1. The van der Waals surface area contributed by atoms with Gasteiger partial charge in [0.25, 0.3) is 0 Å². The Morgan fingerprint density at radius 3 is 2.55 bits per heavy atom. The highest BCUT2D eigenvalue weighted by Crippen LogP contribution is 2.32. The van der Waals surface area contributed by atoms with Gasteiger partial charge in [-0.3, -0.25) is 4.99 Å². The van der Waals surface area contributed by atoms with E-state index in [1.165, 1.54) is 7.11 Å². The van der Waals surface area contributed by atoms with Crippen LogP contribution < -0.4 is 10.5 Å². The summed E-state index contributed by atoms with van der Waals surface area (Å²) in [6.45, 7) is 0. The molecule has 0 aliphatic rings. The van der Waals surface area contributed by atoms with Crippen molar-refractivity contribution < 1.29 is 9.84 Å². The van der Waals surface area contributed by atoms with Crippen LogP contribution in [0.3, 0.4) is 0 Å². The lowest BCUT2D eigenvalue weighted by Gasteiger charge is -2.06. The molecule has 4 heteroatoms. The van der Waals surface area contributed by atoms with E-state index in [4.69, 9.17) is 10.5 Å².